The first-order chi connectivity index (χ1) is 9.24. The quantitative estimate of drug-likeness (QED) is 0.886. The molecule has 1 aliphatic heterocycles. The van der Waals surface area contributed by atoms with Crippen LogP contribution in [0.4, 0.5) is 10.1 Å². The smallest absolute Gasteiger partial charge is 0.246 e. The zero-order valence-corrected chi connectivity index (χ0v) is 10.2. The molecule has 2 aromatic rings. The Morgan fingerprint density at radius 3 is 2.74 bits per heavy atom. The highest BCUT2D eigenvalue weighted by molar-refractivity contribution is 6.02. The van der Waals surface area contributed by atoms with Gasteiger partial charge < -0.3 is 5.32 Å². The highest BCUT2D eigenvalue weighted by Gasteiger charge is 2.30. The summed E-state index contributed by atoms with van der Waals surface area (Å²) >= 11 is 0. The van der Waals surface area contributed by atoms with Crippen LogP contribution in [0.2, 0.25) is 0 Å². The maximum atomic E-state index is 13.3. The highest BCUT2D eigenvalue weighted by Crippen LogP contribution is 2.31. The van der Waals surface area contributed by atoms with Gasteiger partial charge in [-0.25, -0.2) is 4.39 Å². The third kappa shape index (κ3) is 2.35. The molecular weight excluding hydrogens is 243 g/mol. The van der Waals surface area contributed by atoms with Crippen molar-refractivity contribution in [2.45, 2.75) is 12.6 Å². The van der Waals surface area contributed by atoms with Crippen LogP contribution in [0.15, 0.2) is 48.5 Å². The van der Waals surface area contributed by atoms with E-state index in [1.807, 2.05) is 30.3 Å². The van der Waals surface area contributed by atoms with Crippen molar-refractivity contribution < 1.29 is 9.18 Å². The molecule has 2 N–H and O–H groups in total. The average Bonchev–Trinajstić information content (AvgIpc) is 2.73. The number of carbonyl (C=O) groups excluding carboxylic acids is 1. The zero-order chi connectivity index (χ0) is 13.2. The fraction of sp³-hybridized carbons (Fsp3) is 0.133. The second kappa shape index (κ2) is 4.82. The van der Waals surface area contributed by atoms with Crippen LogP contribution in [0.25, 0.3) is 0 Å². The van der Waals surface area contributed by atoms with Gasteiger partial charge in [0.15, 0.2) is 0 Å². The van der Waals surface area contributed by atoms with Gasteiger partial charge in [-0.2, -0.15) is 0 Å². The number of hydrogen-bond acceptors (Lipinski definition) is 2. The normalized spacial score (nSPS) is 17.1. The molecule has 1 heterocycles. The van der Waals surface area contributed by atoms with Gasteiger partial charge in [0.05, 0.1) is 0 Å². The van der Waals surface area contributed by atoms with E-state index in [2.05, 4.69) is 10.6 Å². The maximum Gasteiger partial charge on any atom is 0.246 e. The van der Waals surface area contributed by atoms with Crippen LogP contribution in [0.3, 0.4) is 0 Å². The standard InChI is InChI=1S/C15H13FN2O/c16-11-6-7-13-12(8-11)14(15(19)18-13)17-9-10-4-2-1-3-5-10/h1-8,14,17H,9H2,(H,18,19). The van der Waals surface area contributed by atoms with Gasteiger partial charge >= 0.3 is 0 Å². The molecule has 0 bridgehead atoms. The summed E-state index contributed by atoms with van der Waals surface area (Å²) in [5.74, 6) is -0.474. The molecule has 4 heteroatoms. The summed E-state index contributed by atoms with van der Waals surface area (Å²) < 4.78 is 13.3. The number of benzene rings is 2. The van der Waals surface area contributed by atoms with Crippen LogP contribution in [-0.2, 0) is 11.3 Å². The van der Waals surface area contributed by atoms with Crippen molar-refractivity contribution >= 4 is 11.6 Å². The molecule has 1 aliphatic rings. The van der Waals surface area contributed by atoms with E-state index in [0.717, 1.165) is 5.56 Å². The summed E-state index contributed by atoms with van der Waals surface area (Å²) in [5.41, 5.74) is 2.43. The Kier molecular flexibility index (Phi) is 3.01. The Morgan fingerprint density at radius 1 is 1.16 bits per heavy atom. The number of carbonyl (C=O) groups is 1. The summed E-state index contributed by atoms with van der Waals surface area (Å²) in [6, 6.07) is 13.6. The van der Waals surface area contributed by atoms with Crippen molar-refractivity contribution in [1.82, 2.24) is 5.32 Å². The number of amides is 1. The van der Waals surface area contributed by atoms with E-state index in [1.54, 1.807) is 6.07 Å². The summed E-state index contributed by atoms with van der Waals surface area (Å²) in [5, 5.41) is 5.90. The number of hydrogen-bond donors (Lipinski definition) is 2. The van der Waals surface area contributed by atoms with Crippen LogP contribution in [0, 0.1) is 5.82 Å². The van der Waals surface area contributed by atoms with Crippen molar-refractivity contribution in [1.29, 1.82) is 0 Å². The van der Waals surface area contributed by atoms with Gasteiger partial charge in [-0.1, -0.05) is 30.3 Å². The predicted molar refractivity (Wildman–Crippen MR) is 71.1 cm³/mol. The topological polar surface area (TPSA) is 41.1 Å². The Bertz CT molecular complexity index is 613. The van der Waals surface area contributed by atoms with Crippen LogP contribution in [0.1, 0.15) is 17.2 Å². The Labute approximate surface area is 110 Å². The largest absolute Gasteiger partial charge is 0.324 e. The van der Waals surface area contributed by atoms with E-state index in [0.29, 0.717) is 17.8 Å². The number of rotatable bonds is 3. The molecule has 0 saturated carbocycles. The molecule has 1 unspecified atom stereocenters. The molecule has 3 rings (SSSR count). The number of fused-ring (bicyclic) bond motifs is 1. The van der Waals surface area contributed by atoms with Crippen molar-refractivity contribution in [2.24, 2.45) is 0 Å². The Balaban J connectivity index is 1.79. The van der Waals surface area contributed by atoms with Crippen LogP contribution >= 0.6 is 0 Å². The van der Waals surface area contributed by atoms with Gasteiger partial charge in [-0.3, -0.25) is 10.1 Å². The summed E-state index contributed by atoms with van der Waals surface area (Å²) in [6.07, 6.45) is 0. The molecular formula is C15H13FN2O. The predicted octanol–water partition coefficient (Wildman–Crippen LogP) is 2.61. The number of halogens is 1. The van der Waals surface area contributed by atoms with Gasteiger partial charge in [-0.05, 0) is 23.8 Å². The van der Waals surface area contributed by atoms with E-state index < -0.39 is 6.04 Å². The monoisotopic (exact) mass is 256 g/mol. The second-order valence-corrected chi connectivity index (χ2v) is 4.52. The zero-order valence-electron chi connectivity index (χ0n) is 10.2. The molecule has 0 aliphatic carbocycles. The van der Waals surface area contributed by atoms with Gasteiger partial charge in [0.25, 0.3) is 0 Å². The van der Waals surface area contributed by atoms with E-state index in [-0.39, 0.29) is 11.7 Å². The fourth-order valence-corrected chi connectivity index (χ4v) is 2.25. The SMILES string of the molecule is O=C1Nc2ccc(F)cc2C1NCc1ccccc1. The molecule has 0 aromatic heterocycles. The van der Waals surface area contributed by atoms with Crippen molar-refractivity contribution in [3.05, 3.63) is 65.5 Å². The van der Waals surface area contributed by atoms with E-state index in [1.165, 1.54) is 12.1 Å². The van der Waals surface area contributed by atoms with Gasteiger partial charge in [-0.15, -0.1) is 0 Å². The van der Waals surface area contributed by atoms with Crippen LogP contribution in [0.5, 0.6) is 0 Å². The maximum absolute atomic E-state index is 13.3. The number of nitrogens with one attached hydrogen (secondary N) is 2. The lowest BCUT2D eigenvalue weighted by Gasteiger charge is -2.11. The third-order valence-electron chi connectivity index (χ3n) is 3.20. The van der Waals surface area contributed by atoms with E-state index in [9.17, 15) is 9.18 Å². The van der Waals surface area contributed by atoms with Crippen LogP contribution in [-0.4, -0.2) is 5.91 Å². The molecule has 0 saturated heterocycles. The third-order valence-corrected chi connectivity index (χ3v) is 3.20. The lowest BCUT2D eigenvalue weighted by Crippen LogP contribution is -2.27. The minimum Gasteiger partial charge on any atom is -0.324 e. The molecule has 0 spiro atoms. The minimum atomic E-state index is -0.495. The summed E-state index contributed by atoms with van der Waals surface area (Å²) in [4.78, 5) is 11.9. The van der Waals surface area contributed by atoms with E-state index in [4.69, 9.17) is 0 Å². The minimum absolute atomic E-state index is 0.142. The van der Waals surface area contributed by atoms with Gasteiger partial charge in [0, 0.05) is 17.8 Å². The highest BCUT2D eigenvalue weighted by atomic mass is 19.1. The van der Waals surface area contributed by atoms with Crippen molar-refractivity contribution in [3.8, 4) is 0 Å². The van der Waals surface area contributed by atoms with Crippen molar-refractivity contribution in [2.75, 3.05) is 5.32 Å². The average molecular weight is 256 g/mol. The molecule has 3 nitrogen and oxygen atoms in total. The van der Waals surface area contributed by atoms with Crippen LogP contribution < -0.4 is 10.6 Å². The second-order valence-electron chi connectivity index (χ2n) is 4.52. The Hall–Kier alpha value is -2.20. The molecule has 2 aromatic carbocycles. The summed E-state index contributed by atoms with van der Waals surface area (Å²) in [6.45, 7) is 0.564. The van der Waals surface area contributed by atoms with E-state index >= 15 is 0 Å². The van der Waals surface area contributed by atoms with Gasteiger partial charge in [0.2, 0.25) is 5.91 Å². The molecule has 1 atom stereocenters. The fourth-order valence-electron chi connectivity index (χ4n) is 2.25. The first kappa shape index (κ1) is 11.9. The Morgan fingerprint density at radius 2 is 1.95 bits per heavy atom. The lowest BCUT2D eigenvalue weighted by atomic mass is 10.1. The first-order valence-corrected chi connectivity index (χ1v) is 6.11. The number of anilines is 1. The first-order valence-electron chi connectivity index (χ1n) is 6.11. The molecule has 1 amide bonds. The van der Waals surface area contributed by atoms with Crippen molar-refractivity contribution in [3.63, 3.8) is 0 Å². The molecule has 19 heavy (non-hydrogen) atoms. The molecule has 0 radical (unpaired) electrons. The summed E-state index contributed by atoms with van der Waals surface area (Å²) in [7, 11) is 0. The molecule has 96 valence electrons. The van der Waals surface area contributed by atoms with Gasteiger partial charge in [0.1, 0.15) is 11.9 Å². The lowest BCUT2D eigenvalue weighted by molar-refractivity contribution is -0.117. The molecule has 0 fully saturated rings.